The van der Waals surface area contributed by atoms with E-state index in [9.17, 15) is 22.8 Å². The zero-order chi connectivity index (χ0) is 24.3. The van der Waals surface area contributed by atoms with Crippen molar-refractivity contribution in [3.63, 3.8) is 0 Å². The van der Waals surface area contributed by atoms with Gasteiger partial charge in [-0.1, -0.05) is 13.0 Å². The highest BCUT2D eigenvalue weighted by molar-refractivity contribution is 5.92. The fraction of sp³-hybridized carbons (Fsp3) is 0.476. The molecular formula is C21H24F3N5O4. The van der Waals surface area contributed by atoms with E-state index in [1.54, 1.807) is 12.4 Å². The number of rotatable bonds is 4. The highest BCUT2D eigenvalue weighted by atomic mass is 19.4. The van der Waals surface area contributed by atoms with Gasteiger partial charge in [0.25, 0.3) is 5.91 Å². The highest BCUT2D eigenvalue weighted by Gasteiger charge is 2.44. The number of hydrogen-bond donors (Lipinski definition) is 2. The maximum Gasteiger partial charge on any atom is 0.490 e. The predicted octanol–water partition coefficient (Wildman–Crippen LogP) is 2.40. The van der Waals surface area contributed by atoms with E-state index in [4.69, 9.17) is 9.90 Å². The molecule has 178 valence electrons. The topological polar surface area (TPSA) is 117 Å². The lowest BCUT2D eigenvalue weighted by molar-refractivity contribution is -0.192. The number of carboxylic acids is 1. The Bertz CT molecular complexity index is 1020. The largest absolute Gasteiger partial charge is 0.490 e. The Morgan fingerprint density at radius 2 is 1.88 bits per heavy atom. The molecule has 1 fully saturated rings. The summed E-state index contributed by atoms with van der Waals surface area (Å²) in [5, 5.41) is 9.97. The Labute approximate surface area is 187 Å². The van der Waals surface area contributed by atoms with Crippen molar-refractivity contribution in [2.75, 3.05) is 6.54 Å². The molecule has 3 unspecified atom stereocenters. The Morgan fingerprint density at radius 1 is 1.21 bits per heavy atom. The molecule has 3 atom stereocenters. The van der Waals surface area contributed by atoms with Gasteiger partial charge in [0.15, 0.2) is 0 Å². The summed E-state index contributed by atoms with van der Waals surface area (Å²) in [7, 11) is 0. The highest BCUT2D eigenvalue weighted by Crippen LogP contribution is 2.41. The molecule has 0 radical (unpaired) electrons. The van der Waals surface area contributed by atoms with E-state index in [1.165, 1.54) is 0 Å². The van der Waals surface area contributed by atoms with E-state index < -0.39 is 12.1 Å². The van der Waals surface area contributed by atoms with Crippen molar-refractivity contribution < 1.29 is 32.7 Å². The number of nitrogens with one attached hydrogen (secondary N) is 1. The second kappa shape index (κ2) is 9.59. The molecule has 0 spiro atoms. The van der Waals surface area contributed by atoms with Gasteiger partial charge in [0.2, 0.25) is 5.91 Å². The van der Waals surface area contributed by atoms with Gasteiger partial charge in [-0.3, -0.25) is 14.6 Å². The smallest absolute Gasteiger partial charge is 0.475 e. The molecule has 2 amide bonds. The normalized spacial score (nSPS) is 21.4. The van der Waals surface area contributed by atoms with Crippen LogP contribution in [0.5, 0.6) is 0 Å². The molecule has 3 heterocycles. The molecule has 1 saturated carbocycles. The summed E-state index contributed by atoms with van der Waals surface area (Å²) in [5.41, 5.74) is 1.19. The molecule has 1 aliphatic carbocycles. The molecule has 33 heavy (non-hydrogen) atoms. The summed E-state index contributed by atoms with van der Waals surface area (Å²) in [6, 6.07) is 5.48. The van der Waals surface area contributed by atoms with Crippen LogP contribution in [0.3, 0.4) is 0 Å². The van der Waals surface area contributed by atoms with Crippen LogP contribution in [0.15, 0.2) is 30.6 Å². The number of fused-ring (bicyclic) bond motifs is 1. The van der Waals surface area contributed by atoms with Gasteiger partial charge in [-0.05, 0) is 31.4 Å². The zero-order valence-corrected chi connectivity index (χ0v) is 18.0. The van der Waals surface area contributed by atoms with Gasteiger partial charge >= 0.3 is 12.1 Å². The van der Waals surface area contributed by atoms with Crippen LogP contribution in [0.1, 0.15) is 48.3 Å². The van der Waals surface area contributed by atoms with Crippen molar-refractivity contribution in [1.29, 1.82) is 0 Å². The number of imidazole rings is 1. The first-order chi connectivity index (χ1) is 15.5. The Hall–Kier alpha value is -3.44. The van der Waals surface area contributed by atoms with Crippen LogP contribution in [0.4, 0.5) is 13.2 Å². The van der Waals surface area contributed by atoms with Crippen LogP contribution in [-0.2, 0) is 22.7 Å². The summed E-state index contributed by atoms with van der Waals surface area (Å²) >= 11 is 0. The number of carbonyl (C=O) groups excluding carboxylic acids is 2. The minimum atomic E-state index is -5.08. The third-order valence-corrected chi connectivity index (χ3v) is 5.57. The monoisotopic (exact) mass is 467 g/mol. The fourth-order valence-electron chi connectivity index (χ4n) is 3.54. The third kappa shape index (κ3) is 5.88. The molecule has 9 nitrogen and oxygen atoms in total. The Kier molecular flexibility index (Phi) is 7.04. The molecule has 2 aliphatic rings. The van der Waals surface area contributed by atoms with E-state index in [1.807, 2.05) is 34.6 Å². The molecule has 2 N–H and O–H groups in total. The van der Waals surface area contributed by atoms with Gasteiger partial charge in [0.1, 0.15) is 11.5 Å². The van der Waals surface area contributed by atoms with Crippen LogP contribution >= 0.6 is 0 Å². The molecule has 12 heteroatoms. The lowest BCUT2D eigenvalue weighted by Crippen LogP contribution is -2.42. The van der Waals surface area contributed by atoms with E-state index in [2.05, 4.69) is 22.2 Å². The average molecular weight is 467 g/mol. The number of carbonyl (C=O) groups is 3. The number of pyridine rings is 1. The van der Waals surface area contributed by atoms with Gasteiger partial charge in [-0.25, -0.2) is 9.78 Å². The van der Waals surface area contributed by atoms with Crippen LogP contribution in [0.2, 0.25) is 0 Å². The summed E-state index contributed by atoms with van der Waals surface area (Å²) < 4.78 is 33.7. The van der Waals surface area contributed by atoms with Crippen LogP contribution in [0, 0.1) is 11.8 Å². The number of amides is 2. The molecule has 2 aromatic rings. The zero-order valence-electron chi connectivity index (χ0n) is 18.0. The number of alkyl halides is 3. The van der Waals surface area contributed by atoms with E-state index in [0.29, 0.717) is 31.2 Å². The summed E-state index contributed by atoms with van der Waals surface area (Å²) in [6.07, 6.45) is -0.621. The number of aliphatic carboxylic acids is 1. The number of carboxylic acid groups (broad SMARTS) is 1. The van der Waals surface area contributed by atoms with Gasteiger partial charge in [-0.15, -0.1) is 0 Å². The minimum absolute atomic E-state index is 0.110. The third-order valence-electron chi connectivity index (χ3n) is 5.57. The van der Waals surface area contributed by atoms with Gasteiger partial charge < -0.3 is 19.9 Å². The van der Waals surface area contributed by atoms with Crippen LogP contribution in [-0.4, -0.2) is 55.0 Å². The summed E-state index contributed by atoms with van der Waals surface area (Å²) in [6.45, 7) is 5.80. The first kappa shape index (κ1) is 24.2. The minimum Gasteiger partial charge on any atom is -0.475 e. The summed E-state index contributed by atoms with van der Waals surface area (Å²) in [5.74, 6) is -1.32. The number of halogens is 3. The molecule has 0 saturated heterocycles. The lowest BCUT2D eigenvalue weighted by Gasteiger charge is -2.34. The number of nitrogens with zero attached hydrogens (tertiary/aromatic N) is 4. The van der Waals surface area contributed by atoms with Gasteiger partial charge in [0, 0.05) is 31.4 Å². The molecule has 0 bridgehead atoms. The van der Waals surface area contributed by atoms with Gasteiger partial charge in [0.05, 0.1) is 18.3 Å². The van der Waals surface area contributed by atoms with Gasteiger partial charge in [-0.2, -0.15) is 13.2 Å². The van der Waals surface area contributed by atoms with Crippen molar-refractivity contribution in [3.05, 3.63) is 47.8 Å². The van der Waals surface area contributed by atoms with E-state index in [0.717, 1.165) is 17.9 Å². The first-order valence-corrected chi connectivity index (χ1v) is 10.3. The van der Waals surface area contributed by atoms with E-state index >= 15 is 0 Å². The van der Waals surface area contributed by atoms with Crippen molar-refractivity contribution in [2.24, 2.45) is 11.8 Å². The SMILES string of the molecule is CC1CC1C(=O)N1CCn2cc(C(=O)NCc3ccccn3)nc2C1C.O=C(O)C(F)(F)F. The maximum absolute atomic E-state index is 12.6. The van der Waals surface area contributed by atoms with Crippen LogP contribution < -0.4 is 5.32 Å². The van der Waals surface area contributed by atoms with Crippen molar-refractivity contribution in [2.45, 2.75) is 45.6 Å². The average Bonchev–Trinajstić information content (AvgIpc) is 3.33. The van der Waals surface area contributed by atoms with Crippen molar-refractivity contribution >= 4 is 17.8 Å². The molecule has 1 aliphatic heterocycles. The Morgan fingerprint density at radius 3 is 2.42 bits per heavy atom. The first-order valence-electron chi connectivity index (χ1n) is 10.3. The van der Waals surface area contributed by atoms with Crippen molar-refractivity contribution in [3.8, 4) is 0 Å². The predicted molar refractivity (Wildman–Crippen MR) is 109 cm³/mol. The van der Waals surface area contributed by atoms with Crippen molar-refractivity contribution in [1.82, 2.24) is 24.8 Å². The maximum atomic E-state index is 12.6. The number of aromatic nitrogens is 3. The van der Waals surface area contributed by atoms with E-state index in [-0.39, 0.29) is 23.8 Å². The Balaban J connectivity index is 0.000000383. The quantitative estimate of drug-likeness (QED) is 0.713. The lowest BCUT2D eigenvalue weighted by atomic mass is 10.1. The second-order valence-electron chi connectivity index (χ2n) is 8.01. The van der Waals surface area contributed by atoms with Crippen LogP contribution in [0.25, 0.3) is 0 Å². The summed E-state index contributed by atoms with van der Waals surface area (Å²) in [4.78, 5) is 44.5. The number of hydrogen-bond acceptors (Lipinski definition) is 5. The second-order valence-corrected chi connectivity index (χ2v) is 8.01. The standard InChI is InChI=1S/C19H23N5O2.C2HF3O2/c1-12-9-15(12)19(26)24-8-7-23-11-16(22-17(23)13(24)2)18(25)21-10-14-5-3-4-6-20-14;3-2(4,5)1(6)7/h3-6,11-13,15H,7-10H2,1-2H3,(H,21,25);(H,6,7). The molecular weight excluding hydrogens is 443 g/mol. The fourth-order valence-corrected chi connectivity index (χ4v) is 3.54. The molecule has 4 rings (SSSR count). The molecule has 0 aromatic carbocycles. The molecule has 2 aromatic heterocycles.